The lowest BCUT2D eigenvalue weighted by Crippen LogP contribution is -2.16. The maximum Gasteiger partial charge on any atom is 0.307 e. The molecule has 21 heavy (non-hydrogen) atoms. The van der Waals surface area contributed by atoms with Gasteiger partial charge in [0.15, 0.2) is 5.76 Å². The fourth-order valence-electron chi connectivity index (χ4n) is 1.68. The Morgan fingerprint density at radius 1 is 1.33 bits per heavy atom. The van der Waals surface area contributed by atoms with Gasteiger partial charge >= 0.3 is 5.91 Å². The maximum absolute atomic E-state index is 11.7. The molecule has 0 unspecified atom stereocenters. The first-order valence-electron chi connectivity index (χ1n) is 6.12. The molecule has 0 aliphatic rings. The van der Waals surface area contributed by atoms with Crippen LogP contribution in [0.3, 0.4) is 0 Å². The van der Waals surface area contributed by atoms with Crippen LogP contribution in [0.5, 0.6) is 0 Å². The van der Waals surface area contributed by atoms with Crippen LogP contribution in [-0.4, -0.2) is 17.0 Å². The number of nitro benzene ring substituents is 1. The second-order valence-corrected chi connectivity index (χ2v) is 4.41. The third-order valence-electron chi connectivity index (χ3n) is 2.77. The van der Waals surface area contributed by atoms with E-state index in [0.29, 0.717) is 16.9 Å². The van der Waals surface area contributed by atoms with Crippen LogP contribution in [0, 0.1) is 24.0 Å². The molecule has 2 aromatic rings. The summed E-state index contributed by atoms with van der Waals surface area (Å²) in [5.41, 5.74) is 3.38. The highest BCUT2D eigenvalue weighted by atomic mass is 16.6. The van der Waals surface area contributed by atoms with Crippen molar-refractivity contribution in [1.82, 2.24) is 5.43 Å². The topological polar surface area (TPSA) is 97.7 Å². The quantitative estimate of drug-likeness (QED) is 0.530. The Kier molecular flexibility index (Phi) is 4.13. The third kappa shape index (κ3) is 3.53. The number of nitrogens with one attached hydrogen (secondary N) is 1. The second kappa shape index (κ2) is 6.00. The van der Waals surface area contributed by atoms with Crippen LogP contribution in [0.4, 0.5) is 5.69 Å². The SMILES string of the molecule is Cc1ccc(C(=O)N/N=C\c2ccc(C)c([N+](=O)[O-])c2)o1. The molecule has 0 bridgehead atoms. The fraction of sp³-hybridized carbons (Fsp3) is 0.143. The summed E-state index contributed by atoms with van der Waals surface area (Å²) in [6, 6.07) is 7.90. The Bertz CT molecular complexity index is 719. The van der Waals surface area contributed by atoms with Crippen LogP contribution in [0.1, 0.15) is 27.4 Å². The number of hydrogen-bond acceptors (Lipinski definition) is 5. The van der Waals surface area contributed by atoms with E-state index in [4.69, 9.17) is 4.42 Å². The molecule has 0 spiro atoms. The van der Waals surface area contributed by atoms with Crippen molar-refractivity contribution in [3.63, 3.8) is 0 Å². The Balaban J connectivity index is 2.06. The van der Waals surface area contributed by atoms with Crippen molar-refractivity contribution >= 4 is 17.8 Å². The highest BCUT2D eigenvalue weighted by Gasteiger charge is 2.10. The molecule has 7 heteroatoms. The van der Waals surface area contributed by atoms with Gasteiger partial charge in [-0.25, -0.2) is 5.43 Å². The summed E-state index contributed by atoms with van der Waals surface area (Å²) in [5, 5.41) is 14.6. The number of rotatable bonds is 4. The number of carbonyl (C=O) groups is 1. The van der Waals surface area contributed by atoms with Gasteiger partial charge in [-0.05, 0) is 26.0 Å². The monoisotopic (exact) mass is 287 g/mol. The minimum atomic E-state index is -0.485. The number of carbonyl (C=O) groups excluding carboxylic acids is 1. The molecule has 0 aliphatic carbocycles. The molecule has 0 saturated carbocycles. The summed E-state index contributed by atoms with van der Waals surface area (Å²) in [6.07, 6.45) is 1.33. The van der Waals surface area contributed by atoms with Gasteiger partial charge in [0.1, 0.15) is 5.76 Å². The lowest BCUT2D eigenvalue weighted by Gasteiger charge is -1.99. The largest absolute Gasteiger partial charge is 0.456 e. The second-order valence-electron chi connectivity index (χ2n) is 4.41. The molecule has 1 aromatic carbocycles. The molecule has 0 radical (unpaired) electrons. The Labute approximate surface area is 120 Å². The van der Waals surface area contributed by atoms with Crippen LogP contribution in [-0.2, 0) is 0 Å². The number of benzene rings is 1. The number of amides is 1. The van der Waals surface area contributed by atoms with Crippen LogP contribution in [0.2, 0.25) is 0 Å². The predicted octanol–water partition coefficient (Wildman–Crippen LogP) is 2.57. The molecule has 2 rings (SSSR count). The van der Waals surface area contributed by atoms with Crippen molar-refractivity contribution in [3.8, 4) is 0 Å². The summed E-state index contributed by atoms with van der Waals surface area (Å²) in [6.45, 7) is 3.38. The van der Waals surface area contributed by atoms with Crippen molar-refractivity contribution in [2.24, 2.45) is 5.10 Å². The number of nitro groups is 1. The number of aryl methyl sites for hydroxylation is 2. The summed E-state index contributed by atoms with van der Waals surface area (Å²) < 4.78 is 5.14. The van der Waals surface area contributed by atoms with Gasteiger partial charge in [-0.15, -0.1) is 0 Å². The molecule has 7 nitrogen and oxygen atoms in total. The molecule has 1 amide bonds. The fourth-order valence-corrected chi connectivity index (χ4v) is 1.68. The van der Waals surface area contributed by atoms with E-state index >= 15 is 0 Å². The zero-order chi connectivity index (χ0) is 15.4. The van der Waals surface area contributed by atoms with Crippen LogP contribution in [0.15, 0.2) is 39.9 Å². The smallest absolute Gasteiger partial charge is 0.307 e. The highest BCUT2D eigenvalue weighted by Crippen LogP contribution is 2.18. The van der Waals surface area contributed by atoms with Gasteiger partial charge in [0.05, 0.1) is 11.1 Å². The first kappa shape index (κ1) is 14.4. The summed E-state index contributed by atoms with van der Waals surface area (Å²) in [7, 11) is 0. The first-order valence-corrected chi connectivity index (χ1v) is 6.12. The molecule has 0 fully saturated rings. The molecule has 1 aromatic heterocycles. The van der Waals surface area contributed by atoms with E-state index < -0.39 is 10.8 Å². The van der Waals surface area contributed by atoms with E-state index in [1.54, 1.807) is 32.0 Å². The highest BCUT2D eigenvalue weighted by molar-refractivity contribution is 5.92. The zero-order valence-corrected chi connectivity index (χ0v) is 11.5. The van der Waals surface area contributed by atoms with Gasteiger partial charge < -0.3 is 4.42 Å². The van der Waals surface area contributed by atoms with E-state index in [0.717, 1.165) is 0 Å². The summed E-state index contributed by atoms with van der Waals surface area (Å²) >= 11 is 0. The van der Waals surface area contributed by atoms with Gasteiger partial charge in [-0.1, -0.05) is 12.1 Å². The number of hydrazone groups is 1. The number of furan rings is 1. The van der Waals surface area contributed by atoms with E-state index in [2.05, 4.69) is 10.5 Å². The van der Waals surface area contributed by atoms with Crippen molar-refractivity contribution in [3.05, 3.63) is 63.1 Å². The summed E-state index contributed by atoms with van der Waals surface area (Å²) in [4.78, 5) is 22.0. The standard InChI is InChI=1S/C14H13N3O4/c1-9-3-5-11(7-12(9)17(19)20)8-15-16-14(18)13-6-4-10(2)21-13/h3-8H,1-2H3,(H,16,18)/b15-8-. The number of nitrogens with zero attached hydrogens (tertiary/aromatic N) is 2. The molecule has 1 N–H and O–H groups in total. The van der Waals surface area contributed by atoms with Crippen molar-refractivity contribution < 1.29 is 14.1 Å². The zero-order valence-electron chi connectivity index (χ0n) is 11.5. The molecule has 1 heterocycles. The Hall–Kier alpha value is -2.96. The van der Waals surface area contributed by atoms with Crippen LogP contribution in [0.25, 0.3) is 0 Å². The van der Waals surface area contributed by atoms with Gasteiger partial charge in [0.25, 0.3) is 5.69 Å². The van der Waals surface area contributed by atoms with Crippen molar-refractivity contribution in [2.75, 3.05) is 0 Å². The average Bonchev–Trinajstić information content (AvgIpc) is 2.87. The normalized spacial score (nSPS) is 10.8. The molecule has 0 saturated heterocycles. The summed E-state index contributed by atoms with van der Waals surface area (Å²) in [5.74, 6) is 0.291. The van der Waals surface area contributed by atoms with E-state index in [1.165, 1.54) is 18.3 Å². The third-order valence-corrected chi connectivity index (χ3v) is 2.77. The van der Waals surface area contributed by atoms with Gasteiger partial charge in [-0.2, -0.15) is 5.10 Å². The average molecular weight is 287 g/mol. The molecular weight excluding hydrogens is 274 g/mol. The molecule has 0 aliphatic heterocycles. The van der Waals surface area contributed by atoms with Crippen LogP contribution < -0.4 is 5.43 Å². The van der Waals surface area contributed by atoms with Gasteiger partial charge in [0, 0.05) is 17.2 Å². The van der Waals surface area contributed by atoms with Crippen molar-refractivity contribution in [1.29, 1.82) is 0 Å². The Morgan fingerprint density at radius 3 is 2.71 bits per heavy atom. The van der Waals surface area contributed by atoms with E-state index in [-0.39, 0.29) is 11.4 Å². The Morgan fingerprint density at radius 2 is 2.10 bits per heavy atom. The molecule has 0 atom stereocenters. The van der Waals surface area contributed by atoms with Crippen LogP contribution >= 0.6 is 0 Å². The van der Waals surface area contributed by atoms with Crippen molar-refractivity contribution in [2.45, 2.75) is 13.8 Å². The number of hydrogen-bond donors (Lipinski definition) is 1. The van der Waals surface area contributed by atoms with Gasteiger partial charge in [-0.3, -0.25) is 14.9 Å². The predicted molar refractivity (Wildman–Crippen MR) is 76.3 cm³/mol. The lowest BCUT2D eigenvalue weighted by molar-refractivity contribution is -0.385. The minimum Gasteiger partial charge on any atom is -0.456 e. The lowest BCUT2D eigenvalue weighted by atomic mass is 10.1. The first-order chi connectivity index (χ1) is 9.97. The van der Waals surface area contributed by atoms with E-state index in [1.807, 2.05) is 0 Å². The molecular formula is C14H13N3O4. The molecule has 108 valence electrons. The maximum atomic E-state index is 11.7. The minimum absolute atomic E-state index is 0.00642. The van der Waals surface area contributed by atoms with E-state index in [9.17, 15) is 14.9 Å². The van der Waals surface area contributed by atoms with Gasteiger partial charge in [0.2, 0.25) is 0 Å².